The Morgan fingerprint density at radius 1 is 1.88 bits per heavy atom. The van der Waals surface area contributed by atoms with Crippen LogP contribution < -0.4 is 0 Å². The zero-order valence-electron chi connectivity index (χ0n) is 4.06. The monoisotopic (exact) mass is 192 g/mol. The molecule has 1 N–H and O–H groups in total. The van der Waals surface area contributed by atoms with Crippen molar-refractivity contribution in [3.63, 3.8) is 0 Å². The van der Waals surface area contributed by atoms with E-state index in [1.807, 2.05) is 0 Å². The van der Waals surface area contributed by atoms with Crippen molar-refractivity contribution >= 4 is 28.6 Å². The molecule has 0 aliphatic rings. The first-order valence-corrected chi connectivity index (χ1v) is 3.68. The van der Waals surface area contributed by atoms with Crippen molar-refractivity contribution in [2.45, 2.75) is 10.5 Å². The first-order chi connectivity index (χ1) is 3.83. The first kappa shape index (κ1) is 6.16. The summed E-state index contributed by atoms with van der Waals surface area (Å²) in [5.74, 6) is 0. The second-order valence-electron chi connectivity index (χ2n) is 1.37. The minimum absolute atomic E-state index is 0.666. The van der Waals surface area contributed by atoms with Crippen LogP contribution in [0.1, 0.15) is 5.69 Å². The smallest absolute Gasteiger partial charge is 0.162 e. The van der Waals surface area contributed by atoms with Crippen LogP contribution in [0, 0.1) is 0 Å². The molecule has 0 spiro atoms. The molecule has 0 unspecified atom stereocenters. The van der Waals surface area contributed by atoms with E-state index >= 15 is 0 Å². The van der Waals surface area contributed by atoms with Crippen LogP contribution in [0.25, 0.3) is 0 Å². The third-order valence-electron chi connectivity index (χ3n) is 0.759. The zero-order valence-corrected chi connectivity index (χ0v) is 6.54. The number of thiol groups is 1. The van der Waals surface area contributed by atoms with Gasteiger partial charge in [0.2, 0.25) is 0 Å². The number of aromatic amines is 1. The van der Waals surface area contributed by atoms with Gasteiger partial charge < -0.3 is 4.98 Å². The quantitative estimate of drug-likeness (QED) is 0.514. The molecule has 0 saturated carbocycles. The van der Waals surface area contributed by atoms with Gasteiger partial charge in [0, 0.05) is 11.0 Å². The summed E-state index contributed by atoms with van der Waals surface area (Å²) in [5, 5.41) is 1.47. The van der Waals surface area contributed by atoms with Gasteiger partial charge >= 0.3 is 0 Å². The Bertz CT molecular complexity index is 174. The summed E-state index contributed by atoms with van der Waals surface area (Å²) in [5.41, 5.74) is 1.05. The molecule has 1 aromatic heterocycles. The molecule has 0 amide bonds. The number of nitrogens with one attached hydrogen (secondary N) is 1. The number of hydrogen-bond acceptors (Lipinski definition) is 2. The SMILES string of the molecule is Sc1ncc(CBr)[nH]1. The number of aromatic nitrogens is 2. The summed E-state index contributed by atoms with van der Waals surface area (Å²) in [6, 6.07) is 0. The highest BCUT2D eigenvalue weighted by molar-refractivity contribution is 9.08. The maximum absolute atomic E-state index is 3.97. The van der Waals surface area contributed by atoms with Crippen LogP contribution in [0.2, 0.25) is 0 Å². The minimum atomic E-state index is 0.666. The maximum Gasteiger partial charge on any atom is 0.162 e. The minimum Gasteiger partial charge on any atom is -0.336 e. The van der Waals surface area contributed by atoms with E-state index in [0.29, 0.717) is 5.16 Å². The Hall–Kier alpha value is 0.0400. The number of alkyl halides is 1. The molecule has 0 aromatic carbocycles. The fraction of sp³-hybridized carbons (Fsp3) is 0.250. The molecular weight excluding hydrogens is 188 g/mol. The summed E-state index contributed by atoms with van der Waals surface area (Å²) in [7, 11) is 0. The largest absolute Gasteiger partial charge is 0.336 e. The second kappa shape index (κ2) is 2.55. The van der Waals surface area contributed by atoms with Crippen molar-refractivity contribution in [2.24, 2.45) is 0 Å². The van der Waals surface area contributed by atoms with Gasteiger partial charge in [-0.2, -0.15) is 0 Å². The van der Waals surface area contributed by atoms with E-state index in [0.717, 1.165) is 11.0 Å². The van der Waals surface area contributed by atoms with Crippen molar-refractivity contribution < 1.29 is 0 Å². The number of imidazole rings is 1. The average Bonchev–Trinajstić information content (AvgIpc) is 2.14. The van der Waals surface area contributed by atoms with E-state index in [9.17, 15) is 0 Å². The number of H-pyrrole nitrogens is 1. The van der Waals surface area contributed by atoms with Crippen LogP contribution >= 0.6 is 28.6 Å². The van der Waals surface area contributed by atoms with Gasteiger partial charge in [-0.15, -0.1) is 12.6 Å². The summed E-state index contributed by atoms with van der Waals surface area (Å²) in [6.45, 7) is 0. The zero-order chi connectivity index (χ0) is 5.98. The molecule has 0 saturated heterocycles. The molecule has 2 nitrogen and oxygen atoms in total. The van der Waals surface area contributed by atoms with E-state index in [4.69, 9.17) is 0 Å². The Kier molecular flexibility index (Phi) is 1.96. The third-order valence-corrected chi connectivity index (χ3v) is 1.59. The number of halogens is 1. The van der Waals surface area contributed by atoms with Crippen LogP contribution in [-0.2, 0) is 5.33 Å². The molecule has 0 atom stereocenters. The van der Waals surface area contributed by atoms with Gasteiger partial charge in [-0.25, -0.2) is 4.98 Å². The normalized spacial score (nSPS) is 9.75. The summed E-state index contributed by atoms with van der Waals surface area (Å²) < 4.78 is 0. The molecule has 0 aliphatic heterocycles. The van der Waals surface area contributed by atoms with E-state index < -0.39 is 0 Å². The fourth-order valence-corrected chi connectivity index (χ4v) is 0.901. The molecule has 44 valence electrons. The Morgan fingerprint density at radius 3 is 2.88 bits per heavy atom. The second-order valence-corrected chi connectivity index (χ2v) is 2.35. The van der Waals surface area contributed by atoms with Crippen molar-refractivity contribution in [3.8, 4) is 0 Å². The first-order valence-electron chi connectivity index (χ1n) is 2.11. The maximum atomic E-state index is 3.97. The van der Waals surface area contributed by atoms with Gasteiger partial charge in [0.15, 0.2) is 5.16 Å². The lowest BCUT2D eigenvalue weighted by molar-refractivity contribution is 1.05. The summed E-state index contributed by atoms with van der Waals surface area (Å²) in [4.78, 5) is 6.80. The number of hydrogen-bond donors (Lipinski definition) is 2. The van der Waals surface area contributed by atoms with E-state index in [2.05, 4.69) is 38.5 Å². The van der Waals surface area contributed by atoms with E-state index in [1.54, 1.807) is 6.20 Å². The van der Waals surface area contributed by atoms with Gasteiger partial charge in [0.25, 0.3) is 0 Å². The highest BCUT2D eigenvalue weighted by Crippen LogP contribution is 2.03. The standard InChI is InChI=1S/C4H5BrN2S/c5-1-3-2-6-4(8)7-3/h2H,1H2,(H2,6,7,8). The molecule has 0 bridgehead atoms. The molecule has 0 radical (unpaired) electrons. The lowest BCUT2D eigenvalue weighted by Gasteiger charge is -1.80. The highest BCUT2D eigenvalue weighted by atomic mass is 79.9. The lowest BCUT2D eigenvalue weighted by Crippen LogP contribution is -1.71. The summed E-state index contributed by atoms with van der Waals surface area (Å²) in [6.07, 6.45) is 1.75. The van der Waals surface area contributed by atoms with Crippen LogP contribution in [-0.4, -0.2) is 9.97 Å². The third kappa shape index (κ3) is 1.26. The number of rotatable bonds is 1. The molecule has 0 fully saturated rings. The fourth-order valence-electron chi connectivity index (χ4n) is 0.415. The Balaban J connectivity index is 2.84. The van der Waals surface area contributed by atoms with Gasteiger partial charge in [-0.1, -0.05) is 15.9 Å². The summed E-state index contributed by atoms with van der Waals surface area (Å²) >= 11 is 7.24. The Morgan fingerprint density at radius 2 is 2.62 bits per heavy atom. The van der Waals surface area contributed by atoms with E-state index in [1.165, 1.54) is 0 Å². The molecular formula is C4H5BrN2S. The molecule has 8 heavy (non-hydrogen) atoms. The molecule has 0 aliphatic carbocycles. The van der Waals surface area contributed by atoms with Crippen LogP contribution in [0.3, 0.4) is 0 Å². The van der Waals surface area contributed by atoms with Crippen molar-refractivity contribution in [3.05, 3.63) is 11.9 Å². The van der Waals surface area contributed by atoms with Crippen LogP contribution in [0.5, 0.6) is 0 Å². The van der Waals surface area contributed by atoms with Crippen molar-refractivity contribution in [2.75, 3.05) is 0 Å². The molecule has 1 rings (SSSR count). The molecule has 1 heterocycles. The number of nitrogens with zero attached hydrogens (tertiary/aromatic N) is 1. The van der Waals surface area contributed by atoms with Crippen LogP contribution in [0.15, 0.2) is 11.4 Å². The van der Waals surface area contributed by atoms with Gasteiger partial charge in [0.05, 0.1) is 6.20 Å². The predicted molar refractivity (Wildman–Crippen MR) is 38.5 cm³/mol. The predicted octanol–water partition coefficient (Wildman–Crippen LogP) is 1.59. The Labute approximate surface area is 61.2 Å². The average molecular weight is 193 g/mol. The molecule has 1 aromatic rings. The molecule has 4 heteroatoms. The highest BCUT2D eigenvalue weighted by Gasteiger charge is 1.90. The van der Waals surface area contributed by atoms with E-state index in [-0.39, 0.29) is 0 Å². The lowest BCUT2D eigenvalue weighted by atomic mass is 10.6. The van der Waals surface area contributed by atoms with Crippen LogP contribution in [0.4, 0.5) is 0 Å². The van der Waals surface area contributed by atoms with Crippen molar-refractivity contribution in [1.82, 2.24) is 9.97 Å². The topological polar surface area (TPSA) is 28.7 Å². The van der Waals surface area contributed by atoms with Gasteiger partial charge in [-0.3, -0.25) is 0 Å². The van der Waals surface area contributed by atoms with Gasteiger partial charge in [0.1, 0.15) is 0 Å². The van der Waals surface area contributed by atoms with Gasteiger partial charge in [-0.05, 0) is 0 Å². The van der Waals surface area contributed by atoms with Crippen molar-refractivity contribution in [1.29, 1.82) is 0 Å².